The number of ketones is 1. The number of aliphatic hydroxyl groups is 1. The van der Waals surface area contributed by atoms with Crippen LogP contribution >= 0.6 is 11.6 Å². The maximum Gasteiger partial charge on any atom is 0.300 e. The lowest BCUT2D eigenvalue weighted by molar-refractivity contribution is -0.132. The summed E-state index contributed by atoms with van der Waals surface area (Å²) in [4.78, 5) is 39.6. The Balaban J connectivity index is 1.96. The van der Waals surface area contributed by atoms with Gasteiger partial charge in [0.2, 0.25) is 5.91 Å². The molecule has 0 radical (unpaired) electrons. The summed E-state index contributed by atoms with van der Waals surface area (Å²) < 4.78 is 10.8. The minimum Gasteiger partial charge on any atom is -0.507 e. The summed E-state index contributed by atoms with van der Waals surface area (Å²) in [6.07, 6.45) is 0. The Morgan fingerprint density at radius 3 is 2.35 bits per heavy atom. The van der Waals surface area contributed by atoms with E-state index in [-0.39, 0.29) is 27.8 Å². The fourth-order valence-electron chi connectivity index (χ4n) is 4.39. The Morgan fingerprint density at radius 2 is 1.73 bits per heavy atom. The Labute approximate surface area is 219 Å². The van der Waals surface area contributed by atoms with Gasteiger partial charge in [0.15, 0.2) is 0 Å². The van der Waals surface area contributed by atoms with E-state index < -0.39 is 23.5 Å². The molecule has 1 unspecified atom stereocenters. The lowest BCUT2D eigenvalue weighted by Gasteiger charge is -2.26. The third-order valence-electron chi connectivity index (χ3n) is 5.97. The normalized spacial score (nSPS) is 16.6. The molecule has 0 saturated carbocycles. The van der Waals surface area contributed by atoms with Gasteiger partial charge in [-0.05, 0) is 66.6 Å². The Morgan fingerprint density at radius 1 is 1.03 bits per heavy atom. The highest BCUT2D eigenvalue weighted by atomic mass is 35.5. The van der Waals surface area contributed by atoms with Crippen LogP contribution < -0.4 is 19.7 Å². The molecule has 0 spiro atoms. The molecule has 37 heavy (non-hydrogen) atoms. The zero-order chi connectivity index (χ0) is 26.9. The van der Waals surface area contributed by atoms with Crippen molar-refractivity contribution in [2.45, 2.75) is 19.9 Å². The van der Waals surface area contributed by atoms with Crippen LogP contribution in [0.2, 0.25) is 5.02 Å². The zero-order valence-electron chi connectivity index (χ0n) is 20.7. The average Bonchev–Trinajstić information content (AvgIpc) is 3.13. The number of aliphatic hydroxyl groups excluding tert-OH is 1. The third-order valence-corrected chi connectivity index (χ3v) is 6.25. The van der Waals surface area contributed by atoms with Crippen molar-refractivity contribution in [1.29, 1.82) is 0 Å². The van der Waals surface area contributed by atoms with Gasteiger partial charge in [-0.1, -0.05) is 23.7 Å². The Hall–Kier alpha value is -4.30. The second-order valence-electron chi connectivity index (χ2n) is 8.50. The zero-order valence-corrected chi connectivity index (χ0v) is 21.4. The summed E-state index contributed by atoms with van der Waals surface area (Å²) in [7, 11) is 2.92. The predicted octanol–water partition coefficient (Wildman–Crippen LogP) is 5.25. The third kappa shape index (κ3) is 4.88. The first-order valence-electron chi connectivity index (χ1n) is 11.3. The maximum atomic E-state index is 13.5. The Bertz CT molecular complexity index is 1430. The number of hydrogen-bond donors (Lipinski definition) is 2. The molecule has 190 valence electrons. The molecular weight excluding hydrogens is 496 g/mol. The van der Waals surface area contributed by atoms with Crippen molar-refractivity contribution in [3.05, 3.63) is 87.9 Å². The van der Waals surface area contributed by atoms with Crippen LogP contribution in [0.3, 0.4) is 0 Å². The van der Waals surface area contributed by atoms with Gasteiger partial charge >= 0.3 is 0 Å². The summed E-state index contributed by atoms with van der Waals surface area (Å²) in [5, 5.41) is 14.4. The smallest absolute Gasteiger partial charge is 0.300 e. The van der Waals surface area contributed by atoms with E-state index in [2.05, 4.69) is 5.32 Å². The molecule has 0 aliphatic carbocycles. The van der Waals surface area contributed by atoms with E-state index in [1.165, 1.54) is 26.0 Å². The minimum atomic E-state index is -0.981. The van der Waals surface area contributed by atoms with Gasteiger partial charge in [0.1, 0.15) is 17.3 Å². The number of nitrogens with zero attached hydrogens (tertiary/aromatic N) is 1. The van der Waals surface area contributed by atoms with Crippen molar-refractivity contribution in [2.75, 3.05) is 24.4 Å². The highest BCUT2D eigenvalue weighted by molar-refractivity contribution is 6.51. The van der Waals surface area contributed by atoms with Crippen molar-refractivity contribution < 1.29 is 29.0 Å². The van der Waals surface area contributed by atoms with Crippen LogP contribution in [0.1, 0.15) is 29.7 Å². The molecule has 4 rings (SSSR count). The second kappa shape index (κ2) is 10.4. The van der Waals surface area contributed by atoms with Gasteiger partial charge < -0.3 is 19.9 Å². The van der Waals surface area contributed by atoms with Gasteiger partial charge in [0.05, 0.1) is 36.4 Å². The van der Waals surface area contributed by atoms with Gasteiger partial charge in [0.25, 0.3) is 11.7 Å². The number of methoxy groups -OCH3 is 2. The van der Waals surface area contributed by atoms with E-state index >= 15 is 0 Å². The lowest BCUT2D eigenvalue weighted by Crippen LogP contribution is -2.29. The number of hydrogen-bond acceptors (Lipinski definition) is 6. The summed E-state index contributed by atoms with van der Waals surface area (Å²) in [6.45, 7) is 3.18. The number of benzene rings is 3. The highest BCUT2D eigenvalue weighted by Gasteiger charge is 2.47. The minimum absolute atomic E-state index is 0.121. The number of aryl methyl sites for hydroxylation is 1. The van der Waals surface area contributed by atoms with Crippen LogP contribution in [0.4, 0.5) is 11.4 Å². The summed E-state index contributed by atoms with van der Waals surface area (Å²) in [5.41, 5.74) is 2.28. The van der Waals surface area contributed by atoms with Crippen molar-refractivity contribution in [2.24, 2.45) is 0 Å². The van der Waals surface area contributed by atoms with Gasteiger partial charge in [-0.15, -0.1) is 0 Å². The van der Waals surface area contributed by atoms with Crippen LogP contribution in [0, 0.1) is 6.92 Å². The van der Waals surface area contributed by atoms with Gasteiger partial charge in [-0.3, -0.25) is 19.3 Å². The number of rotatable bonds is 6. The Kier molecular flexibility index (Phi) is 7.22. The standard InChI is InChI=1S/C28H25ClN2O6/c1-15-12-21(27(37-4)22(29)13-15)25(33)23-24(17-6-5-7-20(14-17)36-3)31(28(35)26(23)34)19-10-8-18(9-11-19)30-16(2)32/h5-14,24,33H,1-4H3,(H,30,32)/b25-23+. The lowest BCUT2D eigenvalue weighted by atomic mass is 9.94. The largest absolute Gasteiger partial charge is 0.507 e. The maximum absolute atomic E-state index is 13.5. The summed E-state index contributed by atoms with van der Waals surface area (Å²) >= 11 is 6.35. The number of ether oxygens (including phenoxy) is 2. The van der Waals surface area contributed by atoms with Crippen LogP contribution in [0.15, 0.2) is 66.2 Å². The predicted molar refractivity (Wildman–Crippen MR) is 141 cm³/mol. The van der Waals surface area contributed by atoms with Gasteiger partial charge in [-0.2, -0.15) is 0 Å². The molecule has 3 aromatic carbocycles. The van der Waals surface area contributed by atoms with Crippen molar-refractivity contribution >= 4 is 46.3 Å². The number of carbonyl (C=O) groups excluding carboxylic acids is 3. The highest BCUT2D eigenvalue weighted by Crippen LogP contribution is 2.45. The molecular formula is C28H25ClN2O6. The fraction of sp³-hybridized carbons (Fsp3) is 0.179. The number of anilines is 2. The molecule has 2 amide bonds. The monoisotopic (exact) mass is 520 g/mol. The first-order chi connectivity index (χ1) is 17.7. The number of Topliss-reactive ketones (excluding diaryl/α,β-unsaturated/α-hetero) is 1. The van der Waals surface area contributed by atoms with E-state index in [4.69, 9.17) is 21.1 Å². The molecule has 3 aromatic rings. The molecule has 1 atom stereocenters. The van der Waals surface area contributed by atoms with Crippen LogP contribution in [-0.4, -0.2) is 36.9 Å². The van der Waals surface area contributed by atoms with Crippen molar-refractivity contribution in [3.63, 3.8) is 0 Å². The van der Waals surface area contributed by atoms with E-state index in [9.17, 15) is 19.5 Å². The van der Waals surface area contributed by atoms with Gasteiger partial charge in [0, 0.05) is 18.3 Å². The first kappa shape index (κ1) is 25.8. The van der Waals surface area contributed by atoms with E-state index in [1.807, 2.05) is 0 Å². The SMILES string of the molecule is COc1cccc(C2/C(=C(\O)c3cc(C)cc(Cl)c3OC)C(=O)C(=O)N2c2ccc(NC(C)=O)cc2)c1. The van der Waals surface area contributed by atoms with Crippen LogP contribution in [0.25, 0.3) is 5.76 Å². The first-order valence-corrected chi connectivity index (χ1v) is 11.7. The van der Waals surface area contributed by atoms with Crippen LogP contribution in [0.5, 0.6) is 11.5 Å². The van der Waals surface area contributed by atoms with E-state index in [1.54, 1.807) is 67.6 Å². The van der Waals surface area contributed by atoms with E-state index in [0.717, 1.165) is 5.56 Å². The summed E-state index contributed by atoms with van der Waals surface area (Å²) in [6, 6.07) is 15.7. The second-order valence-corrected chi connectivity index (χ2v) is 8.91. The van der Waals surface area contributed by atoms with Crippen molar-refractivity contribution in [1.82, 2.24) is 0 Å². The molecule has 1 aliphatic rings. The molecule has 0 aromatic heterocycles. The average molecular weight is 521 g/mol. The molecule has 1 heterocycles. The fourth-order valence-corrected chi connectivity index (χ4v) is 4.74. The van der Waals surface area contributed by atoms with Crippen LogP contribution in [-0.2, 0) is 14.4 Å². The number of carbonyl (C=O) groups is 3. The molecule has 1 fully saturated rings. The molecule has 2 N–H and O–H groups in total. The molecule has 1 saturated heterocycles. The number of nitrogens with one attached hydrogen (secondary N) is 1. The van der Waals surface area contributed by atoms with Crippen molar-refractivity contribution in [3.8, 4) is 11.5 Å². The summed E-state index contributed by atoms with van der Waals surface area (Å²) in [5.74, 6) is -1.64. The quantitative estimate of drug-likeness (QED) is 0.261. The molecule has 1 aliphatic heterocycles. The molecule has 9 heteroatoms. The number of amides is 2. The van der Waals surface area contributed by atoms with E-state index in [0.29, 0.717) is 22.7 Å². The number of halogens is 1. The van der Waals surface area contributed by atoms with Gasteiger partial charge in [-0.25, -0.2) is 0 Å². The molecule has 8 nitrogen and oxygen atoms in total. The molecule has 0 bridgehead atoms. The topological polar surface area (TPSA) is 105 Å².